The van der Waals surface area contributed by atoms with E-state index in [0.29, 0.717) is 6.61 Å². The van der Waals surface area contributed by atoms with Crippen LogP contribution in [-0.4, -0.2) is 19.7 Å². The molecule has 0 bridgehead atoms. The van der Waals surface area contributed by atoms with Crippen molar-refractivity contribution in [1.82, 2.24) is 0 Å². The highest BCUT2D eigenvalue weighted by Crippen LogP contribution is 2.14. The molecule has 1 aromatic rings. The normalized spacial score (nSPS) is 9.13. The minimum absolute atomic E-state index is 0.359. The van der Waals surface area contributed by atoms with Gasteiger partial charge in [0.2, 0.25) is 0 Å². The van der Waals surface area contributed by atoms with Gasteiger partial charge in [0.05, 0.1) is 6.61 Å². The summed E-state index contributed by atoms with van der Waals surface area (Å²) in [5.41, 5.74) is 1.47. The molecule has 0 unspecified atom stereocenters. The highest BCUT2D eigenvalue weighted by molar-refractivity contribution is 5.87. The number of hydrogen-bond donors (Lipinski definition) is 0. The number of nitrogens with zero attached hydrogens (tertiary/aromatic N) is 1. The van der Waals surface area contributed by atoms with Crippen LogP contribution >= 0.6 is 0 Å². The maximum atomic E-state index is 11.4. The molecule has 0 radical (unpaired) electrons. The molecule has 0 saturated heterocycles. The van der Waals surface area contributed by atoms with E-state index in [2.05, 4.69) is 5.92 Å². The first-order valence-electron chi connectivity index (χ1n) is 4.66. The van der Waals surface area contributed by atoms with Gasteiger partial charge in [0.1, 0.15) is 0 Å². The molecule has 3 heteroatoms. The van der Waals surface area contributed by atoms with E-state index in [9.17, 15) is 4.79 Å². The van der Waals surface area contributed by atoms with Crippen LogP contribution in [0.5, 0.6) is 0 Å². The van der Waals surface area contributed by atoms with Crippen molar-refractivity contribution in [2.75, 3.05) is 18.6 Å². The third kappa shape index (κ3) is 2.75. The first-order valence-corrected chi connectivity index (χ1v) is 4.66. The molecule has 0 fully saturated rings. The first-order chi connectivity index (χ1) is 7.19. The molecule has 0 N–H and O–H groups in total. The Morgan fingerprint density at radius 1 is 1.60 bits per heavy atom. The molecule has 3 nitrogen and oxygen atoms in total. The van der Waals surface area contributed by atoms with Crippen molar-refractivity contribution in [2.45, 2.75) is 6.92 Å². The van der Waals surface area contributed by atoms with Crippen molar-refractivity contribution in [2.24, 2.45) is 0 Å². The van der Waals surface area contributed by atoms with Crippen LogP contribution < -0.4 is 4.90 Å². The minimum atomic E-state index is -0.383. The summed E-state index contributed by atoms with van der Waals surface area (Å²) < 4.78 is 4.87. The van der Waals surface area contributed by atoms with Gasteiger partial charge in [0.15, 0.2) is 0 Å². The van der Waals surface area contributed by atoms with E-state index >= 15 is 0 Å². The second-order valence-electron chi connectivity index (χ2n) is 2.95. The molecule has 0 spiro atoms. The summed E-state index contributed by atoms with van der Waals surface area (Å²) in [5.74, 6) is 2.51. The van der Waals surface area contributed by atoms with E-state index in [1.165, 1.54) is 4.90 Å². The van der Waals surface area contributed by atoms with Gasteiger partial charge in [-0.15, -0.1) is 6.42 Å². The zero-order valence-electron chi connectivity index (χ0n) is 8.86. The summed E-state index contributed by atoms with van der Waals surface area (Å²) in [6, 6.07) is 7.18. The lowest BCUT2D eigenvalue weighted by Crippen LogP contribution is -2.26. The number of benzene rings is 1. The van der Waals surface area contributed by atoms with Gasteiger partial charge < -0.3 is 4.74 Å². The van der Waals surface area contributed by atoms with Crippen LogP contribution in [0, 0.1) is 12.3 Å². The Hall–Kier alpha value is -1.95. The van der Waals surface area contributed by atoms with Crippen molar-refractivity contribution in [3.05, 3.63) is 29.8 Å². The van der Waals surface area contributed by atoms with E-state index in [1.54, 1.807) is 32.2 Å². The van der Waals surface area contributed by atoms with E-state index in [4.69, 9.17) is 11.2 Å². The topological polar surface area (TPSA) is 29.5 Å². The number of carbonyl (C=O) groups is 1. The van der Waals surface area contributed by atoms with Crippen molar-refractivity contribution in [3.63, 3.8) is 0 Å². The van der Waals surface area contributed by atoms with Crippen molar-refractivity contribution in [1.29, 1.82) is 0 Å². The summed E-state index contributed by atoms with van der Waals surface area (Å²) in [6.07, 6.45) is 4.89. The SMILES string of the molecule is C#Cc1cccc(N(C)C(=O)OCC)c1. The van der Waals surface area contributed by atoms with E-state index in [1.807, 2.05) is 6.07 Å². The summed E-state index contributed by atoms with van der Waals surface area (Å²) in [4.78, 5) is 12.8. The van der Waals surface area contributed by atoms with Crippen LogP contribution in [0.1, 0.15) is 12.5 Å². The maximum absolute atomic E-state index is 11.4. The van der Waals surface area contributed by atoms with Crippen molar-refractivity contribution >= 4 is 11.8 Å². The standard InChI is InChI=1S/C12H13NO2/c1-4-10-7-6-8-11(9-10)13(3)12(14)15-5-2/h1,6-9H,5H2,2-3H3. The molecule has 1 rings (SSSR count). The fourth-order valence-electron chi connectivity index (χ4n) is 1.13. The molecule has 0 aliphatic rings. The largest absolute Gasteiger partial charge is 0.449 e. The molecule has 78 valence electrons. The number of terminal acetylenes is 1. The quantitative estimate of drug-likeness (QED) is 0.690. The molecular weight excluding hydrogens is 190 g/mol. The summed E-state index contributed by atoms with van der Waals surface area (Å²) in [5, 5.41) is 0. The van der Waals surface area contributed by atoms with Gasteiger partial charge >= 0.3 is 6.09 Å². The van der Waals surface area contributed by atoms with E-state index < -0.39 is 0 Å². The van der Waals surface area contributed by atoms with Crippen molar-refractivity contribution in [3.8, 4) is 12.3 Å². The van der Waals surface area contributed by atoms with Gasteiger partial charge in [-0.1, -0.05) is 12.0 Å². The summed E-state index contributed by atoms with van der Waals surface area (Å²) in [6.45, 7) is 2.13. The Balaban J connectivity index is 2.87. The fraction of sp³-hybridized carbons (Fsp3) is 0.250. The Labute approximate surface area is 89.7 Å². The number of carbonyl (C=O) groups excluding carboxylic acids is 1. The second-order valence-corrected chi connectivity index (χ2v) is 2.95. The van der Waals surface area contributed by atoms with Crippen LogP contribution in [0.15, 0.2) is 24.3 Å². The molecule has 0 atom stereocenters. The number of rotatable bonds is 2. The van der Waals surface area contributed by atoms with E-state index in [-0.39, 0.29) is 6.09 Å². The van der Waals surface area contributed by atoms with Crippen LogP contribution in [0.3, 0.4) is 0 Å². The maximum Gasteiger partial charge on any atom is 0.413 e. The Morgan fingerprint density at radius 2 is 2.33 bits per heavy atom. The Bertz CT molecular complexity index is 393. The van der Waals surface area contributed by atoms with Gasteiger partial charge in [0.25, 0.3) is 0 Å². The Morgan fingerprint density at radius 3 is 2.93 bits per heavy atom. The molecule has 1 aromatic carbocycles. The highest BCUT2D eigenvalue weighted by atomic mass is 16.6. The fourth-order valence-corrected chi connectivity index (χ4v) is 1.13. The average molecular weight is 203 g/mol. The molecule has 0 heterocycles. The molecule has 0 aliphatic carbocycles. The van der Waals surface area contributed by atoms with Crippen LogP contribution in [0.25, 0.3) is 0 Å². The van der Waals surface area contributed by atoms with Crippen LogP contribution in [0.2, 0.25) is 0 Å². The van der Waals surface area contributed by atoms with Gasteiger partial charge in [-0.25, -0.2) is 4.79 Å². The monoisotopic (exact) mass is 203 g/mol. The van der Waals surface area contributed by atoms with Gasteiger partial charge in [-0.05, 0) is 25.1 Å². The third-order valence-electron chi connectivity index (χ3n) is 1.94. The summed E-state index contributed by atoms with van der Waals surface area (Å²) >= 11 is 0. The minimum Gasteiger partial charge on any atom is -0.449 e. The molecule has 0 saturated carbocycles. The lowest BCUT2D eigenvalue weighted by Gasteiger charge is -2.16. The third-order valence-corrected chi connectivity index (χ3v) is 1.94. The first kappa shape index (κ1) is 11.1. The molecule has 1 amide bonds. The van der Waals surface area contributed by atoms with Crippen molar-refractivity contribution < 1.29 is 9.53 Å². The number of anilines is 1. The van der Waals surface area contributed by atoms with Gasteiger partial charge in [-0.2, -0.15) is 0 Å². The smallest absolute Gasteiger partial charge is 0.413 e. The molecular formula is C12H13NO2. The lowest BCUT2D eigenvalue weighted by molar-refractivity contribution is 0.161. The predicted octanol–water partition coefficient (Wildman–Crippen LogP) is 2.26. The number of ether oxygens (including phenoxy) is 1. The van der Waals surface area contributed by atoms with Crippen LogP contribution in [-0.2, 0) is 4.74 Å². The van der Waals surface area contributed by atoms with E-state index in [0.717, 1.165) is 11.3 Å². The number of hydrogen-bond acceptors (Lipinski definition) is 2. The van der Waals surface area contributed by atoms with Gasteiger partial charge in [-0.3, -0.25) is 4.90 Å². The van der Waals surface area contributed by atoms with Crippen LogP contribution in [0.4, 0.5) is 10.5 Å². The lowest BCUT2D eigenvalue weighted by atomic mass is 10.2. The number of amides is 1. The molecule has 15 heavy (non-hydrogen) atoms. The summed E-state index contributed by atoms with van der Waals surface area (Å²) in [7, 11) is 1.65. The Kier molecular flexibility index (Phi) is 3.75. The predicted molar refractivity (Wildman–Crippen MR) is 59.8 cm³/mol. The van der Waals surface area contributed by atoms with Gasteiger partial charge in [0, 0.05) is 18.3 Å². The highest BCUT2D eigenvalue weighted by Gasteiger charge is 2.10. The molecule has 0 aliphatic heterocycles. The zero-order valence-corrected chi connectivity index (χ0v) is 8.86. The second kappa shape index (κ2) is 5.06. The average Bonchev–Trinajstić information content (AvgIpc) is 2.28. The zero-order chi connectivity index (χ0) is 11.3. The molecule has 0 aromatic heterocycles.